The van der Waals surface area contributed by atoms with Gasteiger partial charge in [-0.3, -0.25) is 0 Å². The van der Waals surface area contributed by atoms with Gasteiger partial charge in [0, 0.05) is 19.1 Å². The summed E-state index contributed by atoms with van der Waals surface area (Å²) in [6, 6.07) is 0.789. The number of likely N-dealkylation sites (N-methyl/N-ethyl adjacent to an activating group) is 2. The van der Waals surface area contributed by atoms with Gasteiger partial charge in [-0.25, -0.2) is 0 Å². The number of hydrogen-bond acceptors (Lipinski definition) is 3. The van der Waals surface area contributed by atoms with Gasteiger partial charge in [-0.1, -0.05) is 0 Å². The molecule has 1 aliphatic heterocycles. The van der Waals surface area contributed by atoms with Gasteiger partial charge < -0.3 is 15.5 Å². The minimum atomic E-state index is 0.789. The van der Waals surface area contributed by atoms with Crippen molar-refractivity contribution >= 4 is 0 Å². The molecule has 1 rings (SSSR count). The molecule has 0 aromatic rings. The van der Waals surface area contributed by atoms with Gasteiger partial charge in [0.15, 0.2) is 0 Å². The predicted molar refractivity (Wildman–Crippen MR) is 57.1 cm³/mol. The monoisotopic (exact) mass is 185 g/mol. The van der Waals surface area contributed by atoms with Crippen LogP contribution in [-0.4, -0.2) is 51.2 Å². The standard InChI is InChI=1S/C10H23N3/c1-11-7-9-13(2)8-5-10-4-3-6-12-10/h10-12H,3-9H2,1-2H3. The number of hydrogen-bond donors (Lipinski definition) is 2. The summed E-state index contributed by atoms with van der Waals surface area (Å²) in [5.74, 6) is 0. The Kier molecular flexibility index (Phi) is 5.35. The first-order valence-corrected chi connectivity index (χ1v) is 5.39. The van der Waals surface area contributed by atoms with Gasteiger partial charge in [0.25, 0.3) is 0 Å². The van der Waals surface area contributed by atoms with Crippen LogP contribution in [0.4, 0.5) is 0 Å². The molecular formula is C10H23N3. The molecule has 2 N–H and O–H groups in total. The summed E-state index contributed by atoms with van der Waals surface area (Å²) in [5, 5.41) is 6.70. The predicted octanol–water partition coefficient (Wildman–Crippen LogP) is 0.280. The van der Waals surface area contributed by atoms with E-state index in [9.17, 15) is 0 Å². The fourth-order valence-electron chi connectivity index (χ4n) is 1.79. The lowest BCUT2D eigenvalue weighted by Crippen LogP contribution is -2.32. The zero-order chi connectivity index (χ0) is 9.52. The first-order chi connectivity index (χ1) is 6.33. The molecule has 1 atom stereocenters. The van der Waals surface area contributed by atoms with Crippen LogP contribution in [-0.2, 0) is 0 Å². The second-order valence-corrected chi connectivity index (χ2v) is 3.99. The Bertz CT molecular complexity index is 121. The normalized spacial score (nSPS) is 22.8. The molecule has 13 heavy (non-hydrogen) atoms. The summed E-state index contributed by atoms with van der Waals surface area (Å²) in [5.41, 5.74) is 0. The highest BCUT2D eigenvalue weighted by molar-refractivity contribution is 4.74. The van der Waals surface area contributed by atoms with Gasteiger partial charge in [-0.15, -0.1) is 0 Å². The largest absolute Gasteiger partial charge is 0.318 e. The number of rotatable bonds is 6. The first-order valence-electron chi connectivity index (χ1n) is 5.39. The van der Waals surface area contributed by atoms with Crippen LogP contribution in [0.25, 0.3) is 0 Å². The molecule has 0 bridgehead atoms. The summed E-state index contributed by atoms with van der Waals surface area (Å²) >= 11 is 0. The van der Waals surface area contributed by atoms with Gasteiger partial charge in [-0.05, 0) is 46.4 Å². The van der Waals surface area contributed by atoms with Crippen LogP contribution in [0.5, 0.6) is 0 Å². The first kappa shape index (κ1) is 11.0. The Hall–Kier alpha value is -0.120. The Morgan fingerprint density at radius 1 is 1.46 bits per heavy atom. The highest BCUT2D eigenvalue weighted by Gasteiger charge is 2.13. The minimum Gasteiger partial charge on any atom is -0.318 e. The molecule has 0 aliphatic carbocycles. The van der Waals surface area contributed by atoms with Crippen molar-refractivity contribution in [2.75, 3.05) is 40.3 Å². The number of nitrogens with one attached hydrogen (secondary N) is 2. The van der Waals surface area contributed by atoms with Crippen molar-refractivity contribution in [2.24, 2.45) is 0 Å². The third-order valence-corrected chi connectivity index (χ3v) is 2.77. The van der Waals surface area contributed by atoms with E-state index in [1.165, 1.54) is 32.4 Å². The van der Waals surface area contributed by atoms with Crippen LogP contribution in [0, 0.1) is 0 Å². The van der Waals surface area contributed by atoms with E-state index in [1.807, 2.05) is 7.05 Å². The molecule has 1 fully saturated rings. The molecule has 0 aromatic heterocycles. The Morgan fingerprint density at radius 3 is 2.92 bits per heavy atom. The van der Waals surface area contributed by atoms with E-state index >= 15 is 0 Å². The second kappa shape index (κ2) is 6.35. The lowest BCUT2D eigenvalue weighted by atomic mass is 10.1. The lowest BCUT2D eigenvalue weighted by Gasteiger charge is -2.18. The van der Waals surface area contributed by atoms with Crippen LogP contribution in [0.2, 0.25) is 0 Å². The third-order valence-electron chi connectivity index (χ3n) is 2.77. The smallest absolute Gasteiger partial charge is 0.0104 e. The highest BCUT2D eigenvalue weighted by Crippen LogP contribution is 2.08. The van der Waals surface area contributed by atoms with Crippen molar-refractivity contribution in [3.63, 3.8) is 0 Å². The minimum absolute atomic E-state index is 0.789. The summed E-state index contributed by atoms with van der Waals surface area (Å²) in [6.07, 6.45) is 4.05. The topological polar surface area (TPSA) is 27.3 Å². The average Bonchev–Trinajstić information content (AvgIpc) is 2.64. The molecule has 1 unspecified atom stereocenters. The van der Waals surface area contributed by atoms with Crippen molar-refractivity contribution in [3.8, 4) is 0 Å². The van der Waals surface area contributed by atoms with Gasteiger partial charge >= 0.3 is 0 Å². The van der Waals surface area contributed by atoms with Gasteiger partial charge in [0.05, 0.1) is 0 Å². The SMILES string of the molecule is CNCCN(C)CCC1CCCN1. The van der Waals surface area contributed by atoms with Crippen molar-refractivity contribution < 1.29 is 0 Å². The summed E-state index contributed by atoms with van der Waals surface area (Å²) in [4.78, 5) is 2.40. The average molecular weight is 185 g/mol. The molecule has 1 aliphatic rings. The molecule has 0 radical (unpaired) electrons. The molecule has 3 heteroatoms. The quantitative estimate of drug-likeness (QED) is 0.622. The van der Waals surface area contributed by atoms with E-state index in [0.29, 0.717) is 0 Å². The molecule has 0 aromatic carbocycles. The molecule has 78 valence electrons. The fraction of sp³-hybridized carbons (Fsp3) is 1.00. The van der Waals surface area contributed by atoms with Gasteiger partial charge in [0.2, 0.25) is 0 Å². The third kappa shape index (κ3) is 4.60. The van der Waals surface area contributed by atoms with E-state index in [-0.39, 0.29) is 0 Å². The van der Waals surface area contributed by atoms with Crippen LogP contribution >= 0.6 is 0 Å². The zero-order valence-electron chi connectivity index (χ0n) is 8.97. The van der Waals surface area contributed by atoms with Crippen LogP contribution in [0.3, 0.4) is 0 Å². The molecular weight excluding hydrogens is 162 g/mol. The van der Waals surface area contributed by atoms with E-state index < -0.39 is 0 Å². The van der Waals surface area contributed by atoms with Gasteiger partial charge in [-0.2, -0.15) is 0 Å². The molecule has 3 nitrogen and oxygen atoms in total. The molecule has 1 heterocycles. The Morgan fingerprint density at radius 2 is 2.31 bits per heavy atom. The van der Waals surface area contributed by atoms with Gasteiger partial charge in [0.1, 0.15) is 0 Å². The summed E-state index contributed by atoms with van der Waals surface area (Å²) < 4.78 is 0. The van der Waals surface area contributed by atoms with E-state index in [1.54, 1.807) is 0 Å². The Balaban J connectivity index is 1.97. The summed E-state index contributed by atoms with van der Waals surface area (Å²) in [6.45, 7) is 4.70. The molecule has 0 spiro atoms. The highest BCUT2D eigenvalue weighted by atomic mass is 15.1. The second-order valence-electron chi connectivity index (χ2n) is 3.99. The van der Waals surface area contributed by atoms with Crippen LogP contribution < -0.4 is 10.6 Å². The van der Waals surface area contributed by atoms with E-state index in [0.717, 1.165) is 19.1 Å². The molecule has 1 saturated heterocycles. The van der Waals surface area contributed by atoms with E-state index in [2.05, 4.69) is 22.6 Å². The fourth-order valence-corrected chi connectivity index (χ4v) is 1.79. The van der Waals surface area contributed by atoms with Crippen molar-refractivity contribution in [1.29, 1.82) is 0 Å². The van der Waals surface area contributed by atoms with Crippen LogP contribution in [0.15, 0.2) is 0 Å². The maximum Gasteiger partial charge on any atom is 0.0104 e. The summed E-state index contributed by atoms with van der Waals surface area (Å²) in [7, 11) is 4.21. The molecule has 0 saturated carbocycles. The van der Waals surface area contributed by atoms with Crippen molar-refractivity contribution in [2.45, 2.75) is 25.3 Å². The Labute approximate surface area is 81.9 Å². The lowest BCUT2D eigenvalue weighted by molar-refractivity contribution is 0.314. The maximum atomic E-state index is 3.53. The number of nitrogens with zero attached hydrogens (tertiary/aromatic N) is 1. The van der Waals surface area contributed by atoms with Crippen molar-refractivity contribution in [3.05, 3.63) is 0 Å². The van der Waals surface area contributed by atoms with Crippen LogP contribution in [0.1, 0.15) is 19.3 Å². The van der Waals surface area contributed by atoms with E-state index in [4.69, 9.17) is 0 Å². The maximum absolute atomic E-state index is 3.53. The molecule has 0 amide bonds. The van der Waals surface area contributed by atoms with Crippen molar-refractivity contribution in [1.82, 2.24) is 15.5 Å². The zero-order valence-corrected chi connectivity index (χ0v) is 8.97.